The fourth-order valence-electron chi connectivity index (χ4n) is 2.52. The third-order valence-electron chi connectivity index (χ3n) is 3.73. The van der Waals surface area contributed by atoms with E-state index in [4.69, 9.17) is 9.47 Å². The van der Waals surface area contributed by atoms with E-state index in [9.17, 15) is 4.79 Å². The molecule has 1 fully saturated rings. The second kappa shape index (κ2) is 7.73. The van der Waals surface area contributed by atoms with Gasteiger partial charge in [0.05, 0.1) is 18.4 Å². The predicted molar refractivity (Wildman–Crippen MR) is 78.3 cm³/mol. The lowest BCUT2D eigenvalue weighted by Gasteiger charge is -2.21. The monoisotopic (exact) mass is 274 g/mol. The topological polar surface area (TPSA) is 35.5 Å². The van der Waals surface area contributed by atoms with Crippen LogP contribution in [0.5, 0.6) is 0 Å². The highest BCUT2D eigenvalue weighted by Crippen LogP contribution is 2.24. The van der Waals surface area contributed by atoms with Crippen molar-refractivity contribution in [2.75, 3.05) is 6.61 Å². The van der Waals surface area contributed by atoms with Gasteiger partial charge in [0.2, 0.25) is 0 Å². The van der Waals surface area contributed by atoms with Crippen LogP contribution in [-0.4, -0.2) is 12.6 Å². The summed E-state index contributed by atoms with van der Waals surface area (Å²) >= 11 is 0. The Kier molecular flexibility index (Phi) is 5.66. The fraction of sp³-hybridized carbons (Fsp3) is 0.471. The highest BCUT2D eigenvalue weighted by atomic mass is 16.5. The largest absolute Gasteiger partial charge is 0.497 e. The zero-order valence-electron chi connectivity index (χ0n) is 11.8. The third kappa shape index (κ3) is 4.41. The average Bonchev–Trinajstić information content (AvgIpc) is 2.52. The van der Waals surface area contributed by atoms with Crippen LogP contribution < -0.4 is 0 Å². The van der Waals surface area contributed by atoms with Crippen LogP contribution >= 0.6 is 0 Å². The molecule has 2 rings (SSSR count). The van der Waals surface area contributed by atoms with Gasteiger partial charge in [-0.15, -0.1) is 0 Å². The first-order chi connectivity index (χ1) is 9.79. The summed E-state index contributed by atoms with van der Waals surface area (Å²) in [5, 5.41) is 0. The molecule has 0 bridgehead atoms. The molecule has 0 N–H and O–H groups in total. The van der Waals surface area contributed by atoms with Gasteiger partial charge in [0.15, 0.2) is 0 Å². The minimum absolute atomic E-state index is 0.230. The average molecular weight is 274 g/mol. The van der Waals surface area contributed by atoms with Crippen molar-refractivity contribution in [2.45, 2.75) is 38.7 Å². The Labute approximate surface area is 120 Å². The van der Waals surface area contributed by atoms with E-state index in [1.807, 2.05) is 12.1 Å². The predicted octanol–water partition coefficient (Wildman–Crippen LogP) is 4.08. The summed E-state index contributed by atoms with van der Waals surface area (Å²) in [5.41, 5.74) is 1.61. The summed E-state index contributed by atoms with van der Waals surface area (Å²) in [5.74, 6) is 0.319. The minimum atomic E-state index is -0.230. The Bertz CT molecular complexity index is 430. The van der Waals surface area contributed by atoms with Crippen molar-refractivity contribution in [2.24, 2.45) is 5.92 Å². The van der Waals surface area contributed by atoms with E-state index in [0.29, 0.717) is 24.7 Å². The number of hydrogen-bond donors (Lipinski definition) is 0. The molecule has 0 saturated heterocycles. The van der Waals surface area contributed by atoms with Crippen LogP contribution in [0.15, 0.2) is 37.1 Å². The van der Waals surface area contributed by atoms with E-state index in [2.05, 4.69) is 6.58 Å². The third-order valence-corrected chi connectivity index (χ3v) is 3.73. The van der Waals surface area contributed by atoms with Gasteiger partial charge in [-0.3, -0.25) is 0 Å². The van der Waals surface area contributed by atoms with Gasteiger partial charge >= 0.3 is 5.97 Å². The van der Waals surface area contributed by atoms with E-state index < -0.39 is 0 Å². The maximum atomic E-state index is 11.9. The summed E-state index contributed by atoms with van der Waals surface area (Å²) in [6, 6.07) is 7.32. The van der Waals surface area contributed by atoms with E-state index in [1.165, 1.54) is 38.4 Å². The van der Waals surface area contributed by atoms with Crippen molar-refractivity contribution >= 4 is 5.97 Å². The van der Waals surface area contributed by atoms with Gasteiger partial charge in [0.1, 0.15) is 6.61 Å². The summed E-state index contributed by atoms with van der Waals surface area (Å²) < 4.78 is 10.5. The molecule has 3 nitrogen and oxygen atoms in total. The Balaban J connectivity index is 1.80. The number of esters is 1. The molecular weight excluding hydrogens is 252 g/mol. The smallest absolute Gasteiger partial charge is 0.338 e. The lowest BCUT2D eigenvalue weighted by Crippen LogP contribution is -2.16. The molecule has 0 atom stereocenters. The maximum absolute atomic E-state index is 11.9. The Morgan fingerprint density at radius 3 is 2.55 bits per heavy atom. The van der Waals surface area contributed by atoms with E-state index in [1.54, 1.807) is 12.1 Å². The van der Waals surface area contributed by atoms with Gasteiger partial charge in [-0.05, 0) is 36.5 Å². The summed E-state index contributed by atoms with van der Waals surface area (Å²) in [4.78, 5) is 11.9. The molecule has 1 aromatic rings. The van der Waals surface area contributed by atoms with Crippen LogP contribution in [0.3, 0.4) is 0 Å². The molecule has 0 heterocycles. The zero-order valence-corrected chi connectivity index (χ0v) is 11.8. The summed E-state index contributed by atoms with van der Waals surface area (Å²) in [6.07, 6.45) is 7.63. The number of hydrogen-bond acceptors (Lipinski definition) is 3. The molecule has 0 unspecified atom stereocenters. The van der Waals surface area contributed by atoms with Gasteiger partial charge < -0.3 is 9.47 Å². The first kappa shape index (κ1) is 14.6. The van der Waals surface area contributed by atoms with Gasteiger partial charge in [0.25, 0.3) is 0 Å². The molecule has 3 heteroatoms. The second-order valence-corrected chi connectivity index (χ2v) is 5.28. The molecule has 1 aliphatic rings. The normalized spacial score (nSPS) is 15.6. The van der Waals surface area contributed by atoms with Crippen LogP contribution in [0, 0.1) is 5.92 Å². The van der Waals surface area contributed by atoms with Crippen LogP contribution in [0.2, 0.25) is 0 Å². The number of benzene rings is 1. The van der Waals surface area contributed by atoms with Crippen molar-refractivity contribution < 1.29 is 14.3 Å². The number of carbonyl (C=O) groups excluding carboxylic acids is 1. The molecule has 0 aromatic heterocycles. The quantitative estimate of drug-likeness (QED) is 0.579. The standard InChI is InChI=1S/C17H22O3/c1-2-19-12-15-8-10-16(11-9-15)17(18)20-13-14-6-4-3-5-7-14/h2,8-11,14H,1,3-7,12-13H2. The van der Waals surface area contributed by atoms with Crippen molar-refractivity contribution in [1.82, 2.24) is 0 Å². The van der Waals surface area contributed by atoms with Crippen LogP contribution in [0.25, 0.3) is 0 Å². The number of ether oxygens (including phenoxy) is 2. The molecule has 0 amide bonds. The van der Waals surface area contributed by atoms with E-state index in [0.717, 1.165) is 5.56 Å². The Morgan fingerprint density at radius 2 is 1.90 bits per heavy atom. The zero-order chi connectivity index (χ0) is 14.2. The van der Waals surface area contributed by atoms with Crippen molar-refractivity contribution in [3.63, 3.8) is 0 Å². The highest BCUT2D eigenvalue weighted by molar-refractivity contribution is 5.89. The summed E-state index contributed by atoms with van der Waals surface area (Å²) in [6.45, 7) is 4.52. The fourth-order valence-corrected chi connectivity index (χ4v) is 2.52. The highest BCUT2D eigenvalue weighted by Gasteiger charge is 2.16. The van der Waals surface area contributed by atoms with Crippen LogP contribution in [0.1, 0.15) is 48.0 Å². The molecule has 1 saturated carbocycles. The minimum Gasteiger partial charge on any atom is -0.497 e. The molecule has 1 aliphatic carbocycles. The molecule has 108 valence electrons. The molecular formula is C17H22O3. The second-order valence-electron chi connectivity index (χ2n) is 5.28. The van der Waals surface area contributed by atoms with Crippen molar-refractivity contribution in [3.05, 3.63) is 48.2 Å². The molecule has 0 aliphatic heterocycles. The first-order valence-electron chi connectivity index (χ1n) is 7.28. The maximum Gasteiger partial charge on any atom is 0.338 e. The number of rotatable bonds is 6. The lowest BCUT2D eigenvalue weighted by atomic mass is 9.90. The van der Waals surface area contributed by atoms with Gasteiger partial charge in [-0.2, -0.15) is 0 Å². The van der Waals surface area contributed by atoms with Crippen molar-refractivity contribution in [3.8, 4) is 0 Å². The Hall–Kier alpha value is -1.77. The molecule has 0 spiro atoms. The Morgan fingerprint density at radius 1 is 1.20 bits per heavy atom. The molecule has 20 heavy (non-hydrogen) atoms. The van der Waals surface area contributed by atoms with E-state index >= 15 is 0 Å². The molecule has 0 radical (unpaired) electrons. The first-order valence-corrected chi connectivity index (χ1v) is 7.28. The van der Waals surface area contributed by atoms with Gasteiger partial charge in [-0.1, -0.05) is 38.0 Å². The van der Waals surface area contributed by atoms with Crippen LogP contribution in [-0.2, 0) is 16.1 Å². The van der Waals surface area contributed by atoms with E-state index in [-0.39, 0.29) is 5.97 Å². The lowest BCUT2D eigenvalue weighted by molar-refractivity contribution is 0.0410. The summed E-state index contributed by atoms with van der Waals surface area (Å²) in [7, 11) is 0. The number of carbonyl (C=O) groups is 1. The van der Waals surface area contributed by atoms with Gasteiger partial charge in [0, 0.05) is 0 Å². The molecule has 1 aromatic carbocycles. The SMILES string of the molecule is C=COCc1ccc(C(=O)OCC2CCCCC2)cc1. The van der Waals surface area contributed by atoms with Crippen LogP contribution in [0.4, 0.5) is 0 Å². The van der Waals surface area contributed by atoms with Crippen molar-refractivity contribution in [1.29, 1.82) is 0 Å². The van der Waals surface area contributed by atoms with Gasteiger partial charge in [-0.25, -0.2) is 4.79 Å².